The second kappa shape index (κ2) is 10.2. The third-order valence-electron chi connectivity index (χ3n) is 8.32. The molecule has 7 nitrogen and oxygen atoms in total. The Morgan fingerprint density at radius 2 is 1.93 bits per heavy atom. The second-order valence-electron chi connectivity index (χ2n) is 10.6. The van der Waals surface area contributed by atoms with Crippen LogP contribution in [0, 0.1) is 29.3 Å². The second-order valence-corrected chi connectivity index (χ2v) is 12.8. The first-order valence-corrected chi connectivity index (χ1v) is 14.8. The number of carbonyl (C=O) groups excluding carboxylic acids is 2. The van der Waals surface area contributed by atoms with Gasteiger partial charge in [0.15, 0.2) is 5.75 Å². The molecule has 0 radical (unpaired) electrons. The number of aryl methyl sites for hydroxylation is 2. The van der Waals surface area contributed by atoms with Gasteiger partial charge in [0.25, 0.3) is 0 Å². The van der Waals surface area contributed by atoms with Crippen LogP contribution in [-0.4, -0.2) is 21.6 Å². The van der Waals surface area contributed by atoms with Crippen molar-refractivity contribution in [3.05, 3.63) is 90.8 Å². The molecule has 3 heterocycles. The molecular weight excluding hydrogens is 662 g/mol. The number of piperidine rings is 1. The summed E-state index contributed by atoms with van der Waals surface area (Å²) in [5.41, 5.74) is 2.64. The maximum absolute atomic E-state index is 14.4. The van der Waals surface area contributed by atoms with Crippen LogP contribution in [0.5, 0.6) is 11.5 Å². The van der Waals surface area contributed by atoms with Crippen LogP contribution < -0.4 is 15.4 Å². The molecule has 1 fully saturated rings. The molecule has 1 unspecified atom stereocenters. The van der Waals surface area contributed by atoms with Gasteiger partial charge in [-0.3, -0.25) is 14.3 Å². The van der Waals surface area contributed by atoms with E-state index in [2.05, 4.69) is 44.4 Å². The van der Waals surface area contributed by atoms with Crippen LogP contribution in [0.4, 0.5) is 5.69 Å². The molecule has 1 spiro atoms. The Balaban J connectivity index is 1.58. The van der Waals surface area contributed by atoms with E-state index in [0.29, 0.717) is 39.2 Å². The molecule has 0 saturated carbocycles. The van der Waals surface area contributed by atoms with Crippen LogP contribution in [0.25, 0.3) is 0 Å². The Hall–Kier alpha value is -2.82. The fourth-order valence-electron chi connectivity index (χ4n) is 6.49. The minimum absolute atomic E-state index is 0.131. The van der Waals surface area contributed by atoms with Gasteiger partial charge in [0.05, 0.1) is 11.7 Å². The van der Waals surface area contributed by atoms with E-state index in [1.54, 1.807) is 16.8 Å². The Bertz CT molecular complexity index is 1630. The number of halogens is 3. The number of carbonyl (C=O) groups is 2. The molecule has 1 aromatic heterocycles. The Kier molecular flexibility index (Phi) is 6.99. The van der Waals surface area contributed by atoms with Crippen LogP contribution in [0.15, 0.2) is 59.7 Å². The third kappa shape index (κ3) is 4.35. The topological polar surface area (TPSA) is 85.2 Å². The summed E-state index contributed by atoms with van der Waals surface area (Å²) < 4.78 is 9.26. The van der Waals surface area contributed by atoms with E-state index < -0.39 is 11.5 Å². The predicted octanol–water partition coefficient (Wildman–Crippen LogP) is 6.85. The van der Waals surface area contributed by atoms with Crippen molar-refractivity contribution in [2.45, 2.75) is 38.1 Å². The maximum atomic E-state index is 14.4. The van der Waals surface area contributed by atoms with Gasteiger partial charge in [0.1, 0.15) is 16.9 Å². The molecule has 2 aliphatic heterocycles. The van der Waals surface area contributed by atoms with Crippen molar-refractivity contribution in [3.63, 3.8) is 0 Å². The Morgan fingerprint density at radius 3 is 2.65 bits per heavy atom. The molecule has 4 atom stereocenters. The minimum atomic E-state index is -1.14. The predicted molar refractivity (Wildman–Crippen MR) is 164 cm³/mol. The zero-order chi connectivity index (χ0) is 28.3. The average Bonchev–Trinajstić information content (AvgIpc) is 3.32. The Morgan fingerprint density at radius 1 is 1.12 bits per heavy atom. The van der Waals surface area contributed by atoms with E-state index in [9.17, 15) is 9.59 Å². The van der Waals surface area contributed by atoms with Gasteiger partial charge in [-0.15, -0.1) is 0 Å². The van der Waals surface area contributed by atoms with Crippen LogP contribution in [0.3, 0.4) is 0 Å². The number of rotatable bonds is 4. The number of aromatic nitrogens is 2. The van der Waals surface area contributed by atoms with Gasteiger partial charge in [0.2, 0.25) is 11.8 Å². The van der Waals surface area contributed by atoms with Crippen LogP contribution in [-0.2, 0) is 22.1 Å². The highest BCUT2D eigenvalue weighted by Crippen LogP contribution is 2.58. The number of hydrogen-bond acceptors (Lipinski definition) is 4. The van der Waals surface area contributed by atoms with Gasteiger partial charge in [0, 0.05) is 38.3 Å². The SMILES string of the molecule is Cc1nn(C)c(C)c1Oc1ccc(I)cc1[C@@H]1NC(=O)C[C@@H](C2C=CC=C(Cl)C2)[C@]12C(=O)Nc1cc(Cl)ccc12. The normalized spacial score (nSPS) is 25.4. The lowest BCUT2D eigenvalue weighted by atomic mass is 9.57. The van der Waals surface area contributed by atoms with E-state index in [1.165, 1.54) is 0 Å². The molecule has 2 amide bonds. The fraction of sp³-hybridized carbons (Fsp3) is 0.300. The van der Waals surface area contributed by atoms with Crippen molar-refractivity contribution < 1.29 is 14.3 Å². The standard InChI is InChI=1S/C30H27Cl2IN4O3/c1-15-27(16(2)37(3)36-15)40-25-10-8-20(33)13-21(25)28-30(22-9-7-19(32)12-24(22)34-29(30)39)23(14-26(38)35-28)17-5-4-6-18(31)11-17/h4-10,12-13,17,23,28H,11,14H2,1-3H3,(H,34,39)(H,35,38)/t17?,23-,28-,30-/m0/s1. The van der Waals surface area contributed by atoms with Crippen molar-refractivity contribution >= 4 is 63.3 Å². The van der Waals surface area contributed by atoms with Gasteiger partial charge in [-0.1, -0.05) is 41.4 Å². The number of hydrogen-bond donors (Lipinski definition) is 2. The first kappa shape index (κ1) is 27.4. The lowest BCUT2D eigenvalue weighted by molar-refractivity contribution is -0.135. The summed E-state index contributed by atoms with van der Waals surface area (Å²) in [7, 11) is 1.87. The molecule has 0 bridgehead atoms. The smallest absolute Gasteiger partial charge is 0.237 e. The number of anilines is 1. The first-order valence-electron chi connectivity index (χ1n) is 13.0. The molecule has 40 heavy (non-hydrogen) atoms. The zero-order valence-electron chi connectivity index (χ0n) is 22.1. The molecular formula is C30H27Cl2IN4O3. The molecule has 206 valence electrons. The van der Waals surface area contributed by atoms with Crippen LogP contribution in [0.1, 0.15) is 41.4 Å². The summed E-state index contributed by atoms with van der Waals surface area (Å²) in [6.07, 6.45) is 6.55. The van der Waals surface area contributed by atoms with E-state index in [0.717, 1.165) is 20.5 Å². The van der Waals surface area contributed by atoms with Gasteiger partial charge in [-0.25, -0.2) is 0 Å². The van der Waals surface area contributed by atoms with Crippen molar-refractivity contribution in [1.82, 2.24) is 15.1 Å². The highest BCUT2D eigenvalue weighted by molar-refractivity contribution is 14.1. The number of allylic oxidation sites excluding steroid dienone is 4. The number of fused-ring (bicyclic) bond motifs is 2. The van der Waals surface area contributed by atoms with E-state index >= 15 is 0 Å². The van der Waals surface area contributed by atoms with Crippen molar-refractivity contribution in [1.29, 1.82) is 0 Å². The summed E-state index contributed by atoms with van der Waals surface area (Å²) in [6.45, 7) is 3.84. The highest BCUT2D eigenvalue weighted by Gasteiger charge is 2.62. The van der Waals surface area contributed by atoms with Gasteiger partial charge in [-0.2, -0.15) is 5.10 Å². The van der Waals surface area contributed by atoms with Crippen molar-refractivity contribution in [3.8, 4) is 11.5 Å². The van der Waals surface area contributed by atoms with E-state index in [4.69, 9.17) is 27.9 Å². The molecule has 3 aliphatic rings. The van der Waals surface area contributed by atoms with Crippen molar-refractivity contribution in [2.75, 3.05) is 5.32 Å². The maximum Gasteiger partial charge on any atom is 0.237 e. The van der Waals surface area contributed by atoms with E-state index in [1.807, 2.05) is 57.3 Å². The monoisotopic (exact) mass is 688 g/mol. The third-order valence-corrected chi connectivity index (χ3v) is 9.51. The minimum Gasteiger partial charge on any atom is -0.453 e. The van der Waals surface area contributed by atoms with Gasteiger partial charge < -0.3 is 15.4 Å². The van der Waals surface area contributed by atoms with Crippen LogP contribution >= 0.6 is 45.8 Å². The lowest BCUT2D eigenvalue weighted by Gasteiger charge is -2.49. The van der Waals surface area contributed by atoms with E-state index in [-0.39, 0.29) is 30.1 Å². The lowest BCUT2D eigenvalue weighted by Crippen LogP contribution is -2.59. The first-order chi connectivity index (χ1) is 19.1. The summed E-state index contributed by atoms with van der Waals surface area (Å²) in [6, 6.07) is 10.6. The van der Waals surface area contributed by atoms with Gasteiger partial charge >= 0.3 is 0 Å². The molecule has 1 aliphatic carbocycles. The fourth-order valence-corrected chi connectivity index (χ4v) is 7.43. The summed E-state index contributed by atoms with van der Waals surface area (Å²) in [5.74, 6) is 0.379. The molecule has 2 aromatic carbocycles. The quantitative estimate of drug-likeness (QED) is 0.294. The average molecular weight is 689 g/mol. The molecule has 6 rings (SSSR count). The molecule has 10 heteroatoms. The number of amides is 2. The zero-order valence-corrected chi connectivity index (χ0v) is 25.8. The number of nitrogens with one attached hydrogen (secondary N) is 2. The number of nitrogens with zero attached hydrogens (tertiary/aromatic N) is 2. The summed E-state index contributed by atoms with van der Waals surface area (Å²) in [5, 5.41) is 12.0. The van der Waals surface area contributed by atoms with Crippen LogP contribution in [0.2, 0.25) is 5.02 Å². The summed E-state index contributed by atoms with van der Waals surface area (Å²) in [4.78, 5) is 27.8. The molecule has 3 aromatic rings. The number of ether oxygens (including phenoxy) is 1. The molecule has 1 saturated heterocycles. The Labute approximate surface area is 256 Å². The highest BCUT2D eigenvalue weighted by atomic mass is 127. The molecule has 2 N–H and O–H groups in total. The van der Waals surface area contributed by atoms with Crippen molar-refractivity contribution in [2.24, 2.45) is 18.9 Å². The number of benzene rings is 2. The largest absolute Gasteiger partial charge is 0.453 e. The summed E-state index contributed by atoms with van der Waals surface area (Å²) >= 11 is 15.1. The van der Waals surface area contributed by atoms with Gasteiger partial charge in [-0.05, 0) is 96.7 Å².